The van der Waals surface area contributed by atoms with Gasteiger partial charge in [-0.25, -0.2) is 4.99 Å². The molecule has 4 N–H and O–H groups in total. The van der Waals surface area contributed by atoms with E-state index in [0.717, 1.165) is 6.21 Å². The van der Waals surface area contributed by atoms with Crippen molar-refractivity contribution in [2.75, 3.05) is 0 Å². The molecule has 112 valence electrons. The summed E-state index contributed by atoms with van der Waals surface area (Å²) in [6, 6.07) is 4.73. The molecule has 5 heteroatoms. The first kappa shape index (κ1) is 20.5. The monoisotopic (exact) mass is 297 g/mol. The molecule has 0 aliphatic heterocycles. The van der Waals surface area contributed by atoms with Crippen molar-refractivity contribution in [3.8, 4) is 5.75 Å². The first-order valence-corrected chi connectivity index (χ1v) is 6.92. The molecule has 0 aliphatic rings. The number of aliphatic imine (C=N–C) groups is 1. The second-order valence-electron chi connectivity index (χ2n) is 3.17. The smallest absolute Gasteiger partial charge is 0.134 e. The average molecular weight is 298 g/mol. The normalized spacial score (nSPS) is 10.7. The number of hydrogen-bond acceptors (Lipinski definition) is 3. The third kappa shape index (κ3) is 7.59. The summed E-state index contributed by atoms with van der Waals surface area (Å²) in [5.74, 6) is 0.373. The Balaban J connectivity index is 0. The molecule has 0 atom stereocenters. The molecule has 0 aliphatic carbocycles. The predicted molar refractivity (Wildman–Crippen MR) is 89.9 cm³/mol. The fraction of sp³-hybridized carbons (Fsp3) is 0.333. The molecule has 0 heterocycles. The number of allylic oxidation sites excluding steroid dienone is 1. The van der Waals surface area contributed by atoms with E-state index in [4.69, 9.17) is 22.7 Å². The molecule has 20 heavy (non-hydrogen) atoms. The van der Waals surface area contributed by atoms with E-state index in [9.17, 15) is 5.11 Å². The van der Waals surface area contributed by atoms with Crippen LogP contribution in [0.15, 0.2) is 29.4 Å². The van der Waals surface area contributed by atoms with Gasteiger partial charge in [-0.05, 0) is 24.6 Å². The number of benzene rings is 1. The van der Waals surface area contributed by atoms with Gasteiger partial charge >= 0.3 is 0 Å². The topological polar surface area (TPSA) is 82.5 Å². The summed E-state index contributed by atoms with van der Waals surface area (Å²) in [5, 5.41) is 16.9. The molecule has 1 aromatic carbocycles. The van der Waals surface area contributed by atoms with Crippen molar-refractivity contribution >= 4 is 29.2 Å². The average Bonchev–Trinajstić information content (AvgIpc) is 2.47. The van der Waals surface area contributed by atoms with E-state index in [1.165, 1.54) is 12.3 Å². The lowest BCUT2D eigenvalue weighted by atomic mass is 10.1. The zero-order valence-corrected chi connectivity index (χ0v) is 13.5. The molecule has 0 aromatic heterocycles. The Labute approximate surface area is 126 Å². The second kappa shape index (κ2) is 12.2. The van der Waals surface area contributed by atoms with Crippen molar-refractivity contribution in [2.45, 2.75) is 34.6 Å². The molecular formula is C15H24ClN3O. The lowest BCUT2D eigenvalue weighted by Crippen LogP contribution is -2.03. The predicted octanol–water partition coefficient (Wildman–Crippen LogP) is 4.47. The Kier molecular flexibility index (Phi) is 12.5. The van der Waals surface area contributed by atoms with Gasteiger partial charge in [0, 0.05) is 18.0 Å². The number of rotatable bonds is 3. The van der Waals surface area contributed by atoms with Gasteiger partial charge in [0.05, 0.1) is 10.9 Å². The Morgan fingerprint density at radius 1 is 1.30 bits per heavy atom. The standard InChI is InChI=1S/C11H12ClN3O.2C2H6/c1-7(14)15-6-9(5-13)8-2-3-10(12)11(16)4-8;2*1-2/h2-6,13,16H,1H3,(H2,14,15);2*1-2H3/b9-6+,13-5?;;. The quantitative estimate of drug-likeness (QED) is 0.568. The Morgan fingerprint density at radius 2 is 1.85 bits per heavy atom. The number of hydrogen-bond donors (Lipinski definition) is 3. The van der Waals surface area contributed by atoms with Gasteiger partial charge in [-0.1, -0.05) is 45.4 Å². The highest BCUT2D eigenvalue weighted by atomic mass is 35.5. The summed E-state index contributed by atoms with van der Waals surface area (Å²) in [5.41, 5.74) is 6.58. The molecule has 0 bridgehead atoms. The van der Waals surface area contributed by atoms with Crippen LogP contribution in [0, 0.1) is 5.41 Å². The van der Waals surface area contributed by atoms with E-state index in [0.29, 0.717) is 17.0 Å². The number of nitrogens with zero attached hydrogens (tertiary/aromatic N) is 1. The van der Waals surface area contributed by atoms with E-state index < -0.39 is 0 Å². The number of aromatic hydroxyl groups is 1. The van der Waals surface area contributed by atoms with Gasteiger partial charge in [-0.2, -0.15) is 0 Å². The SMILES string of the molecule is CC.CC.CC(N)=N/C=C(\C=N)c1ccc(Cl)c(O)c1. The van der Waals surface area contributed by atoms with Crippen molar-refractivity contribution in [3.63, 3.8) is 0 Å². The number of nitrogens with one attached hydrogen (secondary N) is 1. The lowest BCUT2D eigenvalue weighted by Gasteiger charge is -2.02. The molecule has 0 saturated heterocycles. The van der Waals surface area contributed by atoms with E-state index in [1.807, 2.05) is 27.7 Å². The third-order valence-corrected chi connectivity index (χ3v) is 2.16. The maximum atomic E-state index is 9.43. The van der Waals surface area contributed by atoms with Crippen LogP contribution in [0.1, 0.15) is 40.2 Å². The van der Waals surface area contributed by atoms with Crippen molar-refractivity contribution in [1.29, 1.82) is 5.41 Å². The number of halogens is 1. The van der Waals surface area contributed by atoms with Crippen LogP contribution in [0.4, 0.5) is 0 Å². The van der Waals surface area contributed by atoms with Gasteiger partial charge in [0.2, 0.25) is 0 Å². The molecule has 4 nitrogen and oxygen atoms in total. The Bertz CT molecular complexity index is 464. The van der Waals surface area contributed by atoms with Crippen LogP contribution in [-0.4, -0.2) is 17.2 Å². The molecule has 0 radical (unpaired) electrons. The highest BCUT2D eigenvalue weighted by Crippen LogP contribution is 2.26. The zero-order chi connectivity index (χ0) is 16.1. The van der Waals surface area contributed by atoms with E-state index >= 15 is 0 Å². The molecule has 0 unspecified atom stereocenters. The lowest BCUT2D eigenvalue weighted by molar-refractivity contribution is 0.475. The van der Waals surface area contributed by atoms with Gasteiger partial charge in [0.15, 0.2) is 0 Å². The zero-order valence-electron chi connectivity index (χ0n) is 12.7. The van der Waals surface area contributed by atoms with Crippen LogP contribution >= 0.6 is 11.6 Å². The second-order valence-corrected chi connectivity index (χ2v) is 3.57. The summed E-state index contributed by atoms with van der Waals surface area (Å²) in [7, 11) is 0. The first-order chi connectivity index (χ1) is 9.54. The number of nitrogens with two attached hydrogens (primary N) is 1. The fourth-order valence-electron chi connectivity index (χ4n) is 1.06. The van der Waals surface area contributed by atoms with Gasteiger partial charge in [-0.15, -0.1) is 0 Å². The highest BCUT2D eigenvalue weighted by molar-refractivity contribution is 6.32. The van der Waals surface area contributed by atoms with Crippen LogP contribution in [0.25, 0.3) is 5.57 Å². The number of amidine groups is 1. The van der Waals surface area contributed by atoms with Crippen LogP contribution in [0.5, 0.6) is 5.75 Å². The Hall–Kier alpha value is -1.81. The summed E-state index contributed by atoms with van der Waals surface area (Å²) in [6.07, 6.45) is 2.60. The minimum Gasteiger partial charge on any atom is -0.506 e. The largest absolute Gasteiger partial charge is 0.506 e. The fourth-order valence-corrected chi connectivity index (χ4v) is 1.18. The number of phenols is 1. The molecule has 1 aromatic rings. The van der Waals surface area contributed by atoms with E-state index in [1.54, 1.807) is 19.1 Å². The summed E-state index contributed by atoms with van der Waals surface area (Å²) < 4.78 is 0. The van der Waals surface area contributed by atoms with Crippen LogP contribution in [0.2, 0.25) is 5.02 Å². The summed E-state index contributed by atoms with van der Waals surface area (Å²) in [4.78, 5) is 3.89. The van der Waals surface area contributed by atoms with Gasteiger partial charge < -0.3 is 16.2 Å². The maximum absolute atomic E-state index is 9.43. The van der Waals surface area contributed by atoms with E-state index in [-0.39, 0.29) is 10.8 Å². The molecule has 0 amide bonds. The van der Waals surface area contributed by atoms with Crippen LogP contribution in [-0.2, 0) is 0 Å². The molecular weight excluding hydrogens is 274 g/mol. The maximum Gasteiger partial charge on any atom is 0.134 e. The highest BCUT2D eigenvalue weighted by Gasteiger charge is 2.02. The molecule has 1 rings (SSSR count). The molecule has 0 spiro atoms. The molecule has 0 saturated carbocycles. The van der Waals surface area contributed by atoms with E-state index in [2.05, 4.69) is 4.99 Å². The third-order valence-electron chi connectivity index (χ3n) is 1.84. The van der Waals surface area contributed by atoms with Crippen LogP contribution in [0.3, 0.4) is 0 Å². The van der Waals surface area contributed by atoms with Gasteiger partial charge in [0.25, 0.3) is 0 Å². The number of phenolic OH excluding ortho intramolecular Hbond substituents is 1. The van der Waals surface area contributed by atoms with Crippen molar-refractivity contribution in [2.24, 2.45) is 10.7 Å². The minimum absolute atomic E-state index is 0.0274. The van der Waals surface area contributed by atoms with Crippen LogP contribution < -0.4 is 5.73 Å². The van der Waals surface area contributed by atoms with Gasteiger partial charge in [-0.3, -0.25) is 0 Å². The summed E-state index contributed by atoms with van der Waals surface area (Å²) >= 11 is 5.68. The van der Waals surface area contributed by atoms with Crippen molar-refractivity contribution < 1.29 is 5.11 Å². The molecule has 0 fully saturated rings. The minimum atomic E-state index is -0.0274. The van der Waals surface area contributed by atoms with Crippen molar-refractivity contribution in [3.05, 3.63) is 35.0 Å². The first-order valence-electron chi connectivity index (χ1n) is 6.54. The Morgan fingerprint density at radius 3 is 2.25 bits per heavy atom. The van der Waals surface area contributed by atoms with Gasteiger partial charge in [0.1, 0.15) is 5.75 Å². The van der Waals surface area contributed by atoms with Crippen molar-refractivity contribution in [1.82, 2.24) is 0 Å². The summed E-state index contributed by atoms with van der Waals surface area (Å²) in [6.45, 7) is 9.65.